The number of ether oxygens (including phenoxy) is 1. The largest absolute Gasteiger partial charge is 0.374 e. The van der Waals surface area contributed by atoms with Crippen LogP contribution in [0, 0.1) is 35.5 Å². The van der Waals surface area contributed by atoms with Gasteiger partial charge < -0.3 is 4.74 Å². The van der Waals surface area contributed by atoms with Crippen molar-refractivity contribution in [2.75, 3.05) is 0 Å². The first-order valence-electron chi connectivity index (χ1n) is 6.09. The van der Waals surface area contributed by atoms with Gasteiger partial charge in [0.15, 0.2) is 0 Å². The zero-order valence-electron chi connectivity index (χ0n) is 7.86. The third kappa shape index (κ3) is 0.495. The van der Waals surface area contributed by atoms with Crippen LogP contribution in [0.3, 0.4) is 0 Å². The molecule has 6 atom stereocenters. The highest BCUT2D eigenvalue weighted by Gasteiger charge is 2.72. The lowest BCUT2D eigenvalue weighted by Gasteiger charge is -2.46. The fourth-order valence-electron chi connectivity index (χ4n) is 5.37. The molecule has 0 aromatic rings. The summed E-state index contributed by atoms with van der Waals surface area (Å²) in [6, 6.07) is 0. The molecule has 6 rings (SSSR count). The Labute approximate surface area is 78.8 Å². The van der Waals surface area contributed by atoms with E-state index in [2.05, 4.69) is 0 Å². The van der Waals surface area contributed by atoms with E-state index in [4.69, 9.17) is 4.74 Å². The average Bonchev–Trinajstić information content (AvgIpc) is 2.51. The molecule has 0 spiro atoms. The molecule has 1 nitrogen and oxygen atoms in total. The summed E-state index contributed by atoms with van der Waals surface area (Å²) in [5, 5.41) is 0. The summed E-state index contributed by atoms with van der Waals surface area (Å²) >= 11 is 0. The van der Waals surface area contributed by atoms with Crippen LogP contribution in [-0.4, -0.2) is 12.2 Å². The van der Waals surface area contributed by atoms with E-state index in [1.54, 1.807) is 12.8 Å². The Kier molecular flexibility index (Phi) is 0.849. The normalized spacial score (nSPS) is 75.7. The van der Waals surface area contributed by atoms with Crippen LogP contribution in [0.2, 0.25) is 0 Å². The van der Waals surface area contributed by atoms with Gasteiger partial charge in [0, 0.05) is 0 Å². The molecule has 1 saturated heterocycles. The van der Waals surface area contributed by atoms with Gasteiger partial charge in [0.25, 0.3) is 0 Å². The molecule has 1 aliphatic heterocycles. The van der Waals surface area contributed by atoms with Crippen molar-refractivity contribution in [2.24, 2.45) is 35.5 Å². The van der Waals surface area contributed by atoms with Gasteiger partial charge in [-0.05, 0) is 61.2 Å². The Morgan fingerprint density at radius 2 is 1.69 bits per heavy atom. The molecule has 2 bridgehead atoms. The van der Waals surface area contributed by atoms with Gasteiger partial charge in [-0.3, -0.25) is 0 Å². The Morgan fingerprint density at radius 3 is 2.46 bits per heavy atom. The van der Waals surface area contributed by atoms with E-state index in [-0.39, 0.29) is 0 Å². The maximum absolute atomic E-state index is 6.17. The van der Waals surface area contributed by atoms with Crippen LogP contribution < -0.4 is 0 Å². The second-order valence-electron chi connectivity index (χ2n) is 6.10. The highest BCUT2D eigenvalue weighted by Crippen LogP contribution is 2.73. The quantitative estimate of drug-likeness (QED) is 0.549. The molecule has 70 valence electrons. The van der Waals surface area contributed by atoms with Crippen LogP contribution >= 0.6 is 0 Å². The summed E-state index contributed by atoms with van der Waals surface area (Å²) in [5.74, 6) is 6.51. The molecule has 5 saturated carbocycles. The Morgan fingerprint density at radius 1 is 0.846 bits per heavy atom. The summed E-state index contributed by atoms with van der Waals surface area (Å²) < 4.78 is 6.17. The lowest BCUT2D eigenvalue weighted by atomic mass is 9.57. The molecule has 1 heterocycles. The predicted octanol–water partition coefficient (Wildman–Crippen LogP) is 2.07. The lowest BCUT2D eigenvalue weighted by Crippen LogP contribution is -2.49. The van der Waals surface area contributed by atoms with Crippen molar-refractivity contribution in [3.8, 4) is 0 Å². The maximum Gasteiger partial charge on any atom is 0.0647 e. The van der Waals surface area contributed by atoms with E-state index in [1.807, 2.05) is 0 Å². The molecule has 5 aliphatic carbocycles. The summed E-state index contributed by atoms with van der Waals surface area (Å²) in [4.78, 5) is 0. The van der Waals surface area contributed by atoms with Crippen molar-refractivity contribution in [3.05, 3.63) is 0 Å². The molecule has 0 N–H and O–H groups in total. The summed E-state index contributed by atoms with van der Waals surface area (Å²) in [6.45, 7) is 0. The van der Waals surface area contributed by atoms with Crippen molar-refractivity contribution < 1.29 is 4.74 Å². The van der Waals surface area contributed by atoms with E-state index in [1.165, 1.54) is 12.8 Å². The highest BCUT2D eigenvalue weighted by molar-refractivity contribution is 5.20. The summed E-state index contributed by atoms with van der Waals surface area (Å²) in [6.07, 6.45) is 7.49. The summed E-state index contributed by atoms with van der Waals surface area (Å²) in [7, 11) is 0. The third-order valence-electron chi connectivity index (χ3n) is 6.04. The standard InChI is InChI=1S/C12H16O/c1-2-8-7(1)11-9-5-3-6(4-5)10(9)12(11)13-8/h5-12H,1-4H2/t5?,6?,7-,8?,9?,10?,11?,12?/m0/s1. The van der Waals surface area contributed by atoms with Crippen LogP contribution in [0.25, 0.3) is 0 Å². The van der Waals surface area contributed by atoms with E-state index < -0.39 is 0 Å². The second kappa shape index (κ2) is 1.71. The SMILES string of the molecule is C1C2CC1C1C2C2OC3CC[C@@H]3C21. The molecule has 0 aromatic carbocycles. The van der Waals surface area contributed by atoms with Crippen LogP contribution in [-0.2, 0) is 4.74 Å². The number of fused-ring (bicyclic) bond motifs is 3. The van der Waals surface area contributed by atoms with E-state index >= 15 is 0 Å². The minimum absolute atomic E-state index is 0.722. The van der Waals surface area contributed by atoms with Gasteiger partial charge >= 0.3 is 0 Å². The molecule has 1 heteroatoms. The maximum atomic E-state index is 6.17. The first kappa shape index (κ1) is 6.44. The van der Waals surface area contributed by atoms with Crippen molar-refractivity contribution in [2.45, 2.75) is 37.9 Å². The van der Waals surface area contributed by atoms with E-state index in [9.17, 15) is 0 Å². The molecule has 5 unspecified atom stereocenters. The van der Waals surface area contributed by atoms with Gasteiger partial charge in [-0.2, -0.15) is 0 Å². The molecular formula is C12H16O. The molecule has 6 fully saturated rings. The summed E-state index contributed by atoms with van der Waals surface area (Å²) in [5.41, 5.74) is 0. The second-order valence-corrected chi connectivity index (χ2v) is 6.10. The highest BCUT2D eigenvalue weighted by atomic mass is 16.5. The lowest BCUT2D eigenvalue weighted by molar-refractivity contribution is -0.0836. The van der Waals surface area contributed by atoms with Gasteiger partial charge in [0.05, 0.1) is 12.2 Å². The number of hydrogen-bond acceptors (Lipinski definition) is 1. The van der Waals surface area contributed by atoms with Gasteiger partial charge in [-0.15, -0.1) is 0 Å². The van der Waals surface area contributed by atoms with Gasteiger partial charge in [0.1, 0.15) is 0 Å². The average molecular weight is 176 g/mol. The monoisotopic (exact) mass is 176 g/mol. The predicted molar refractivity (Wildman–Crippen MR) is 48.1 cm³/mol. The fourth-order valence-corrected chi connectivity index (χ4v) is 5.37. The first-order chi connectivity index (χ1) is 6.43. The smallest absolute Gasteiger partial charge is 0.0647 e. The minimum Gasteiger partial charge on any atom is -0.374 e. The molecule has 0 radical (unpaired) electrons. The van der Waals surface area contributed by atoms with Crippen molar-refractivity contribution in [1.29, 1.82) is 0 Å². The first-order valence-corrected chi connectivity index (χ1v) is 6.09. The zero-order chi connectivity index (χ0) is 8.15. The van der Waals surface area contributed by atoms with E-state index in [0.717, 1.165) is 47.7 Å². The van der Waals surface area contributed by atoms with Crippen LogP contribution in [0.1, 0.15) is 25.7 Å². The Balaban J connectivity index is 1.57. The van der Waals surface area contributed by atoms with Crippen molar-refractivity contribution in [3.63, 3.8) is 0 Å². The van der Waals surface area contributed by atoms with E-state index in [0.29, 0.717) is 0 Å². The molecule has 0 amide bonds. The Hall–Kier alpha value is -0.0400. The van der Waals surface area contributed by atoms with Gasteiger partial charge in [0.2, 0.25) is 0 Å². The molecule has 6 aliphatic rings. The van der Waals surface area contributed by atoms with Gasteiger partial charge in [-0.25, -0.2) is 0 Å². The van der Waals surface area contributed by atoms with Crippen molar-refractivity contribution >= 4 is 0 Å². The van der Waals surface area contributed by atoms with Crippen LogP contribution in [0.4, 0.5) is 0 Å². The van der Waals surface area contributed by atoms with Crippen LogP contribution in [0.15, 0.2) is 0 Å². The topological polar surface area (TPSA) is 9.23 Å². The number of rotatable bonds is 0. The van der Waals surface area contributed by atoms with Crippen LogP contribution in [0.5, 0.6) is 0 Å². The van der Waals surface area contributed by atoms with Gasteiger partial charge in [-0.1, -0.05) is 0 Å². The third-order valence-corrected chi connectivity index (χ3v) is 6.04. The Bertz CT molecular complexity index is 281. The molecular weight excluding hydrogens is 160 g/mol. The zero-order valence-corrected chi connectivity index (χ0v) is 7.86. The number of hydrogen-bond donors (Lipinski definition) is 0. The fraction of sp³-hybridized carbons (Fsp3) is 1.00. The van der Waals surface area contributed by atoms with Crippen molar-refractivity contribution in [1.82, 2.24) is 0 Å². The molecule has 0 aromatic heterocycles. The molecule has 13 heavy (non-hydrogen) atoms. The minimum atomic E-state index is 0.722.